The second kappa shape index (κ2) is 5.30. The van der Waals surface area contributed by atoms with E-state index < -0.39 is 43.9 Å². The smallest absolute Gasteiger partial charge is 0.369 e. The van der Waals surface area contributed by atoms with Crippen molar-refractivity contribution in [1.29, 1.82) is 0 Å². The van der Waals surface area contributed by atoms with Crippen LogP contribution in [0.3, 0.4) is 0 Å². The molecule has 0 amide bonds. The number of alkyl halides is 12. The molecule has 0 bridgehead atoms. The van der Waals surface area contributed by atoms with Crippen LogP contribution < -0.4 is 0 Å². The monoisotopic (exact) mass is 366 g/mol. The van der Waals surface area contributed by atoms with Crippen LogP contribution in [0.2, 0.25) is 0 Å². The zero-order valence-corrected chi connectivity index (χ0v) is 9.85. The minimum absolute atomic E-state index is 5.40. The van der Waals surface area contributed by atoms with Gasteiger partial charge in [0.15, 0.2) is 5.66 Å². The largest absolute Gasteiger partial charge is 0.432 e. The van der Waals surface area contributed by atoms with Crippen molar-refractivity contribution in [3.63, 3.8) is 0 Å². The lowest BCUT2D eigenvalue weighted by atomic mass is 10.3. The molecule has 1 atom stereocenters. The van der Waals surface area contributed by atoms with Crippen molar-refractivity contribution in [2.24, 2.45) is 0 Å². The Labute approximate surface area is 108 Å². The number of hydrogen-bond acceptors (Lipinski definition) is 2. The molecule has 0 saturated carbocycles. The summed E-state index contributed by atoms with van der Waals surface area (Å²) in [7, 11) is -6.09. The number of rotatable bonds is 2. The zero-order chi connectivity index (χ0) is 17.7. The highest BCUT2D eigenvalue weighted by atomic mass is 31.1. The highest BCUT2D eigenvalue weighted by molar-refractivity contribution is 7.54. The third kappa shape index (κ3) is 3.83. The average Bonchev–Trinajstić information content (AvgIpc) is 2.07. The lowest BCUT2D eigenvalue weighted by Gasteiger charge is -2.39. The van der Waals surface area contributed by atoms with E-state index in [1.807, 2.05) is 0 Å². The number of halogens is 12. The third-order valence-corrected chi connectivity index (χ3v) is 4.23. The summed E-state index contributed by atoms with van der Waals surface area (Å²) in [4.78, 5) is 8.51. The van der Waals surface area contributed by atoms with Crippen LogP contribution >= 0.6 is 8.15 Å². The van der Waals surface area contributed by atoms with Gasteiger partial charge in [-0.25, -0.2) is 0 Å². The molecule has 0 aromatic heterocycles. The Morgan fingerprint density at radius 2 is 0.857 bits per heavy atom. The third-order valence-electron chi connectivity index (χ3n) is 1.99. The van der Waals surface area contributed by atoms with Crippen LogP contribution in [-0.2, 0) is 0 Å². The standard InChI is InChI=1S/C6H3F12O2P/c7-2(8,9)1(3(10,11)12)21(20)4(19,5(13,14)15)6(16,17)18/h1,19-20H/t21-/m1/s1. The highest BCUT2D eigenvalue weighted by Gasteiger charge is 2.80. The Morgan fingerprint density at radius 1 is 0.619 bits per heavy atom. The summed E-state index contributed by atoms with van der Waals surface area (Å²) in [6, 6.07) is 0. The van der Waals surface area contributed by atoms with E-state index in [-0.39, 0.29) is 0 Å². The highest BCUT2D eigenvalue weighted by Crippen LogP contribution is 2.67. The van der Waals surface area contributed by atoms with Crippen LogP contribution in [-0.4, -0.2) is 45.7 Å². The molecular formula is C6H3F12O2P. The molecule has 0 fully saturated rings. The van der Waals surface area contributed by atoms with Crippen molar-refractivity contribution in [3.8, 4) is 0 Å². The molecule has 0 saturated heterocycles. The lowest BCUT2D eigenvalue weighted by Crippen LogP contribution is -2.59. The Kier molecular flexibility index (Phi) is 5.18. The average molecular weight is 366 g/mol. The van der Waals surface area contributed by atoms with Crippen LogP contribution in [0.1, 0.15) is 0 Å². The summed E-state index contributed by atoms with van der Waals surface area (Å²) in [5.74, 6) is 0. The Morgan fingerprint density at radius 3 is 1.00 bits per heavy atom. The van der Waals surface area contributed by atoms with Gasteiger partial charge in [0.1, 0.15) is 0 Å². The van der Waals surface area contributed by atoms with Gasteiger partial charge >= 0.3 is 30.0 Å². The predicted molar refractivity (Wildman–Crippen MR) is 42.1 cm³/mol. The summed E-state index contributed by atoms with van der Waals surface area (Å²) >= 11 is 0. The zero-order valence-electron chi connectivity index (χ0n) is 8.95. The van der Waals surface area contributed by atoms with Crippen LogP contribution in [0, 0.1) is 0 Å². The fraction of sp³-hybridized carbons (Fsp3) is 1.00. The van der Waals surface area contributed by atoms with Gasteiger partial charge in [-0.2, -0.15) is 52.7 Å². The summed E-state index contributed by atoms with van der Waals surface area (Å²) in [6.45, 7) is 0. The van der Waals surface area contributed by atoms with Crippen molar-refractivity contribution in [2.45, 2.75) is 35.7 Å². The number of aliphatic hydroxyl groups is 1. The fourth-order valence-corrected chi connectivity index (χ4v) is 2.52. The first-order chi connectivity index (χ1) is 8.78. The van der Waals surface area contributed by atoms with E-state index >= 15 is 0 Å². The van der Waals surface area contributed by atoms with Gasteiger partial charge < -0.3 is 10.00 Å². The van der Waals surface area contributed by atoms with E-state index in [2.05, 4.69) is 0 Å². The number of hydrogen-bond donors (Lipinski definition) is 2. The molecule has 2 N–H and O–H groups in total. The van der Waals surface area contributed by atoms with Gasteiger partial charge in [0.2, 0.25) is 0 Å². The van der Waals surface area contributed by atoms with E-state index in [0.717, 1.165) is 0 Å². The van der Waals surface area contributed by atoms with Gasteiger partial charge in [-0.05, 0) is 0 Å². The maximum absolute atomic E-state index is 12.1. The molecule has 0 rings (SSSR count). The summed E-state index contributed by atoms with van der Waals surface area (Å²) in [5, 5.41) is 1.83. The molecule has 0 aliphatic rings. The topological polar surface area (TPSA) is 40.5 Å². The van der Waals surface area contributed by atoms with Crippen molar-refractivity contribution in [2.75, 3.05) is 0 Å². The van der Waals surface area contributed by atoms with Crippen molar-refractivity contribution in [3.05, 3.63) is 0 Å². The van der Waals surface area contributed by atoms with Crippen LogP contribution in [0.25, 0.3) is 0 Å². The Bertz CT molecular complexity index is 336. The molecule has 21 heavy (non-hydrogen) atoms. The van der Waals surface area contributed by atoms with Gasteiger partial charge in [0, 0.05) is 0 Å². The first kappa shape index (κ1) is 20.5. The van der Waals surface area contributed by atoms with Crippen molar-refractivity contribution < 1.29 is 62.7 Å². The molecule has 0 spiro atoms. The minimum atomic E-state index is -7.01. The molecule has 0 aliphatic carbocycles. The second-order valence-electron chi connectivity index (χ2n) is 3.50. The van der Waals surface area contributed by atoms with Crippen molar-refractivity contribution in [1.82, 2.24) is 0 Å². The van der Waals surface area contributed by atoms with Crippen LogP contribution in [0.5, 0.6) is 0 Å². The van der Waals surface area contributed by atoms with Gasteiger partial charge in [0.25, 0.3) is 0 Å². The molecule has 0 aromatic carbocycles. The van der Waals surface area contributed by atoms with E-state index in [9.17, 15) is 52.7 Å². The molecule has 0 unspecified atom stereocenters. The molecule has 0 aliphatic heterocycles. The fourth-order valence-electron chi connectivity index (χ4n) is 1.07. The quantitative estimate of drug-likeness (QED) is 0.578. The van der Waals surface area contributed by atoms with Crippen molar-refractivity contribution >= 4 is 8.15 Å². The van der Waals surface area contributed by atoms with Gasteiger partial charge in [0.05, 0.1) is 8.15 Å². The summed E-state index contributed by atoms with van der Waals surface area (Å²) < 4.78 is 145. The van der Waals surface area contributed by atoms with Gasteiger partial charge in [-0.3, -0.25) is 0 Å². The molecule has 128 valence electrons. The minimum Gasteiger partial charge on any atom is -0.369 e. The molecular weight excluding hydrogens is 363 g/mol. The van der Waals surface area contributed by atoms with E-state index in [4.69, 9.17) is 10.00 Å². The van der Waals surface area contributed by atoms with Crippen LogP contribution in [0.4, 0.5) is 52.7 Å². The summed E-state index contributed by atoms with van der Waals surface area (Å²) in [6.07, 6.45) is -27.4. The van der Waals surface area contributed by atoms with E-state index in [1.54, 1.807) is 0 Å². The van der Waals surface area contributed by atoms with Gasteiger partial charge in [-0.15, -0.1) is 0 Å². The molecule has 0 heterocycles. The van der Waals surface area contributed by atoms with E-state index in [1.165, 1.54) is 0 Å². The maximum atomic E-state index is 12.1. The SMILES string of the molecule is O[P@](C(C(F)(F)F)C(F)(F)F)C(O)(C(F)(F)F)C(F)(F)F. The second-order valence-corrected chi connectivity index (χ2v) is 5.35. The maximum Gasteiger partial charge on any atom is 0.432 e. The summed E-state index contributed by atoms with van der Waals surface area (Å²) in [5.41, 5.74) is -5.40. The first-order valence-electron chi connectivity index (χ1n) is 4.25. The van der Waals surface area contributed by atoms with Crippen LogP contribution in [0.15, 0.2) is 0 Å². The first-order valence-corrected chi connectivity index (χ1v) is 5.61. The molecule has 2 nitrogen and oxygen atoms in total. The predicted octanol–water partition coefficient (Wildman–Crippen LogP) is 3.68. The van der Waals surface area contributed by atoms with E-state index in [0.29, 0.717) is 0 Å². The van der Waals surface area contributed by atoms with Gasteiger partial charge in [-0.1, -0.05) is 0 Å². The Balaban J connectivity index is 6.18. The molecule has 0 radical (unpaired) electrons. The molecule has 15 heteroatoms. The lowest BCUT2D eigenvalue weighted by molar-refractivity contribution is -0.334. The Hall–Kier alpha value is -0.490. The normalized spacial score (nSPS) is 17.3. The molecule has 0 aromatic rings.